The fraction of sp³-hybridized carbons (Fsp3) is 0.462. The van der Waals surface area contributed by atoms with Gasteiger partial charge in [0.25, 0.3) is 0 Å². The molecular formula is C13H18FNO3. The molecule has 0 aliphatic heterocycles. The molecule has 1 rings (SSSR count). The van der Waals surface area contributed by atoms with Crippen molar-refractivity contribution in [2.45, 2.75) is 25.8 Å². The fourth-order valence-electron chi connectivity index (χ4n) is 1.46. The summed E-state index contributed by atoms with van der Waals surface area (Å²) in [6.07, 6.45) is 0.553. The number of aliphatic carboxylic acids is 1. The fourth-order valence-corrected chi connectivity index (χ4v) is 1.46. The maximum atomic E-state index is 13.4. The van der Waals surface area contributed by atoms with Crippen molar-refractivity contribution >= 4 is 5.97 Å². The highest BCUT2D eigenvalue weighted by Gasteiger charge is 2.25. The van der Waals surface area contributed by atoms with Gasteiger partial charge in [0.1, 0.15) is 5.54 Å². The summed E-state index contributed by atoms with van der Waals surface area (Å²) in [6, 6.07) is 4.72. The first-order chi connectivity index (χ1) is 8.36. The van der Waals surface area contributed by atoms with Crippen LogP contribution in [0.1, 0.15) is 19.4 Å². The zero-order chi connectivity index (χ0) is 13.8. The van der Waals surface area contributed by atoms with E-state index in [0.717, 1.165) is 5.56 Å². The Balaban J connectivity index is 2.55. The lowest BCUT2D eigenvalue weighted by atomic mass is 10.1. The topological polar surface area (TPSA) is 58.6 Å². The van der Waals surface area contributed by atoms with Gasteiger partial charge in [-0.25, -0.2) is 4.39 Å². The van der Waals surface area contributed by atoms with Gasteiger partial charge in [0.15, 0.2) is 11.6 Å². The molecule has 0 spiro atoms. The maximum absolute atomic E-state index is 13.4. The predicted octanol–water partition coefficient (Wildman–Crippen LogP) is 1.83. The van der Waals surface area contributed by atoms with E-state index in [2.05, 4.69) is 5.32 Å². The quantitative estimate of drug-likeness (QED) is 0.814. The molecule has 0 saturated heterocycles. The summed E-state index contributed by atoms with van der Waals surface area (Å²) in [7, 11) is 1.41. The van der Waals surface area contributed by atoms with Crippen molar-refractivity contribution in [3.8, 4) is 5.75 Å². The van der Waals surface area contributed by atoms with Crippen LogP contribution in [0.5, 0.6) is 5.75 Å². The Kier molecular flexibility index (Phi) is 4.67. The summed E-state index contributed by atoms with van der Waals surface area (Å²) in [6.45, 7) is 3.64. The second kappa shape index (κ2) is 5.82. The van der Waals surface area contributed by atoms with Crippen LogP contribution in [0.3, 0.4) is 0 Å². The highest BCUT2D eigenvalue weighted by atomic mass is 19.1. The van der Waals surface area contributed by atoms with Crippen molar-refractivity contribution in [2.24, 2.45) is 0 Å². The van der Waals surface area contributed by atoms with E-state index >= 15 is 0 Å². The number of halogens is 1. The van der Waals surface area contributed by atoms with Gasteiger partial charge < -0.3 is 15.2 Å². The lowest BCUT2D eigenvalue weighted by Gasteiger charge is -2.20. The Morgan fingerprint density at radius 2 is 2.17 bits per heavy atom. The number of carboxylic acids is 1. The van der Waals surface area contributed by atoms with E-state index in [4.69, 9.17) is 9.84 Å². The van der Waals surface area contributed by atoms with Crippen LogP contribution in [0.2, 0.25) is 0 Å². The first-order valence-corrected chi connectivity index (χ1v) is 5.67. The molecule has 0 saturated carbocycles. The molecule has 0 aliphatic carbocycles. The number of ether oxygens (including phenoxy) is 1. The molecular weight excluding hydrogens is 237 g/mol. The third kappa shape index (κ3) is 3.70. The zero-order valence-corrected chi connectivity index (χ0v) is 10.8. The first-order valence-electron chi connectivity index (χ1n) is 5.67. The smallest absolute Gasteiger partial charge is 0.323 e. The van der Waals surface area contributed by atoms with Crippen LogP contribution in [0.25, 0.3) is 0 Å². The molecule has 0 heterocycles. The highest BCUT2D eigenvalue weighted by molar-refractivity contribution is 5.77. The van der Waals surface area contributed by atoms with Crippen molar-refractivity contribution in [1.82, 2.24) is 5.32 Å². The normalized spacial score (nSPS) is 11.3. The van der Waals surface area contributed by atoms with Crippen molar-refractivity contribution in [1.29, 1.82) is 0 Å². The molecule has 0 radical (unpaired) electrons. The average molecular weight is 255 g/mol. The van der Waals surface area contributed by atoms with Gasteiger partial charge in [-0.2, -0.15) is 0 Å². The molecule has 0 amide bonds. The van der Waals surface area contributed by atoms with Crippen LogP contribution >= 0.6 is 0 Å². The minimum Gasteiger partial charge on any atom is -0.494 e. The number of hydrogen-bond acceptors (Lipinski definition) is 3. The minimum absolute atomic E-state index is 0.206. The second-order valence-electron chi connectivity index (χ2n) is 4.58. The third-order valence-corrected chi connectivity index (χ3v) is 2.73. The van der Waals surface area contributed by atoms with Gasteiger partial charge in [-0.05, 0) is 38.0 Å². The molecule has 18 heavy (non-hydrogen) atoms. The standard InChI is InChI=1S/C13H18FNO3/c1-13(2,12(16)17)15-7-6-9-4-5-11(18-3)10(14)8-9/h4-5,8,15H,6-7H2,1-3H3,(H,16,17). The third-order valence-electron chi connectivity index (χ3n) is 2.73. The van der Waals surface area contributed by atoms with Gasteiger partial charge in [0.05, 0.1) is 7.11 Å². The van der Waals surface area contributed by atoms with Gasteiger partial charge in [-0.1, -0.05) is 6.07 Å². The predicted molar refractivity (Wildman–Crippen MR) is 66.4 cm³/mol. The van der Waals surface area contributed by atoms with Gasteiger partial charge in [-0.3, -0.25) is 4.79 Å². The summed E-state index contributed by atoms with van der Waals surface area (Å²) < 4.78 is 18.2. The molecule has 0 aliphatic rings. The minimum atomic E-state index is -0.981. The molecule has 0 unspecified atom stereocenters. The number of nitrogens with one attached hydrogen (secondary N) is 1. The number of benzene rings is 1. The van der Waals surface area contributed by atoms with E-state index < -0.39 is 17.3 Å². The largest absolute Gasteiger partial charge is 0.494 e. The number of methoxy groups -OCH3 is 1. The van der Waals surface area contributed by atoms with E-state index in [1.165, 1.54) is 13.2 Å². The Morgan fingerprint density at radius 3 is 2.67 bits per heavy atom. The molecule has 100 valence electrons. The molecule has 1 aromatic carbocycles. The van der Waals surface area contributed by atoms with E-state index in [1.807, 2.05) is 0 Å². The summed E-state index contributed by atoms with van der Waals surface area (Å²) >= 11 is 0. The molecule has 0 atom stereocenters. The Labute approximate surface area is 106 Å². The maximum Gasteiger partial charge on any atom is 0.323 e. The second-order valence-corrected chi connectivity index (χ2v) is 4.58. The Bertz CT molecular complexity index is 432. The molecule has 0 bridgehead atoms. The monoisotopic (exact) mass is 255 g/mol. The van der Waals surface area contributed by atoms with Crippen LogP contribution < -0.4 is 10.1 Å². The summed E-state index contributed by atoms with van der Waals surface area (Å²) in [5, 5.41) is 11.8. The Morgan fingerprint density at radius 1 is 1.50 bits per heavy atom. The van der Waals surface area contributed by atoms with Crippen molar-refractivity contribution in [3.63, 3.8) is 0 Å². The van der Waals surface area contributed by atoms with Crippen LogP contribution in [0, 0.1) is 5.82 Å². The van der Waals surface area contributed by atoms with Crippen LogP contribution in [-0.4, -0.2) is 30.3 Å². The van der Waals surface area contributed by atoms with Gasteiger partial charge >= 0.3 is 5.97 Å². The van der Waals surface area contributed by atoms with Crippen LogP contribution in [0.4, 0.5) is 4.39 Å². The highest BCUT2D eigenvalue weighted by Crippen LogP contribution is 2.17. The van der Waals surface area contributed by atoms with Crippen LogP contribution in [-0.2, 0) is 11.2 Å². The van der Waals surface area contributed by atoms with E-state index in [1.54, 1.807) is 26.0 Å². The van der Waals surface area contributed by atoms with E-state index in [-0.39, 0.29) is 5.75 Å². The molecule has 0 fully saturated rings. The number of carboxylic acid groups (broad SMARTS) is 1. The van der Waals surface area contributed by atoms with Crippen molar-refractivity contribution < 1.29 is 19.0 Å². The molecule has 2 N–H and O–H groups in total. The van der Waals surface area contributed by atoms with E-state index in [9.17, 15) is 9.18 Å². The van der Waals surface area contributed by atoms with Gasteiger partial charge in [0, 0.05) is 6.54 Å². The molecule has 1 aromatic rings. The van der Waals surface area contributed by atoms with Gasteiger partial charge in [-0.15, -0.1) is 0 Å². The van der Waals surface area contributed by atoms with Crippen molar-refractivity contribution in [2.75, 3.05) is 13.7 Å². The number of carbonyl (C=O) groups is 1. The lowest BCUT2D eigenvalue weighted by molar-refractivity contribution is -0.143. The average Bonchev–Trinajstić information content (AvgIpc) is 2.29. The molecule has 5 heteroatoms. The molecule has 0 aromatic heterocycles. The van der Waals surface area contributed by atoms with Gasteiger partial charge in [0.2, 0.25) is 0 Å². The molecule has 4 nitrogen and oxygen atoms in total. The van der Waals surface area contributed by atoms with E-state index in [0.29, 0.717) is 13.0 Å². The number of rotatable bonds is 6. The SMILES string of the molecule is COc1ccc(CCNC(C)(C)C(=O)O)cc1F. The first kappa shape index (κ1) is 14.4. The lowest BCUT2D eigenvalue weighted by Crippen LogP contribution is -2.47. The zero-order valence-electron chi connectivity index (χ0n) is 10.8. The number of hydrogen-bond donors (Lipinski definition) is 2. The summed E-state index contributed by atoms with van der Waals surface area (Å²) in [4.78, 5) is 10.9. The van der Waals surface area contributed by atoms with Crippen LogP contribution in [0.15, 0.2) is 18.2 Å². The van der Waals surface area contributed by atoms with Crippen molar-refractivity contribution in [3.05, 3.63) is 29.6 Å². The Hall–Kier alpha value is -1.62. The summed E-state index contributed by atoms with van der Waals surface area (Å²) in [5.74, 6) is -1.12. The summed E-state index contributed by atoms with van der Waals surface area (Å²) in [5.41, 5.74) is -0.188.